The summed E-state index contributed by atoms with van der Waals surface area (Å²) in [5, 5.41) is 12.3. The minimum Gasteiger partial charge on any atom is -0.494 e. The molecule has 4 N–H and O–H groups in total. The predicted octanol–water partition coefficient (Wildman–Crippen LogP) is 5.96. The number of para-hydroxylation sites is 1. The molecular weight excluding hydrogens is 746 g/mol. The number of carbonyl (C=O) groups is 4. The van der Waals surface area contributed by atoms with Crippen LogP contribution < -0.4 is 30.9 Å². The first-order valence-corrected chi connectivity index (χ1v) is 19.7. The van der Waals surface area contributed by atoms with Crippen LogP contribution in [0.15, 0.2) is 72.9 Å². The van der Waals surface area contributed by atoms with E-state index in [-0.39, 0.29) is 29.5 Å². The topological polar surface area (TPSA) is 161 Å². The number of nitrogens with one attached hydrogen (secondary N) is 4. The molecule has 4 aromatic rings. The molecule has 3 fully saturated rings. The molecule has 15 heteroatoms. The van der Waals surface area contributed by atoms with Gasteiger partial charge in [0.25, 0.3) is 0 Å². The van der Waals surface area contributed by atoms with Gasteiger partial charge in [0.05, 0.1) is 31.2 Å². The maximum absolute atomic E-state index is 13.6. The van der Waals surface area contributed by atoms with Crippen molar-refractivity contribution in [3.05, 3.63) is 89.1 Å². The molecule has 0 spiro atoms. The van der Waals surface area contributed by atoms with Gasteiger partial charge in [-0.15, -0.1) is 0 Å². The van der Waals surface area contributed by atoms with E-state index in [0.29, 0.717) is 84.4 Å². The summed E-state index contributed by atoms with van der Waals surface area (Å²) in [7, 11) is 1.61. The summed E-state index contributed by atoms with van der Waals surface area (Å²) in [5.41, 5.74) is 4.90. The highest BCUT2D eigenvalue weighted by atomic mass is 35.5. The number of piperazine rings is 1. The standard InChI is InChI=1S/C42H48ClN9O5/c1-26-24-51(31-12-13-35(37(22-31)57-3)47-42-44-23-33(43)40(49-42)46-34-7-5-4-6-32(34)27(2)53)20-21-52(26)39(55)25-50-18-16-29(17-19-50)28-8-10-30(11-9-28)45-36-14-15-38(54)48-41(36)56/h4-13,22-23,26,29,36,45H,14-21,24-25H2,1-3H3,(H,48,54,56)(H2,44,46,47,49). The summed E-state index contributed by atoms with van der Waals surface area (Å²) in [6.07, 6.45) is 4.27. The van der Waals surface area contributed by atoms with Gasteiger partial charge >= 0.3 is 0 Å². The molecule has 0 radical (unpaired) electrons. The number of hydrogen-bond acceptors (Lipinski definition) is 12. The number of anilines is 6. The second-order valence-electron chi connectivity index (χ2n) is 14.8. The number of nitrogens with zero attached hydrogens (tertiary/aromatic N) is 5. The van der Waals surface area contributed by atoms with Crippen LogP contribution in [0.1, 0.15) is 61.4 Å². The van der Waals surface area contributed by atoms with Crippen molar-refractivity contribution < 1.29 is 23.9 Å². The number of amides is 3. The Balaban J connectivity index is 0.895. The van der Waals surface area contributed by atoms with E-state index in [4.69, 9.17) is 16.3 Å². The lowest BCUT2D eigenvalue weighted by molar-refractivity contribution is -0.135. The summed E-state index contributed by atoms with van der Waals surface area (Å²) in [6, 6.07) is 20.9. The zero-order valence-corrected chi connectivity index (χ0v) is 33.1. The van der Waals surface area contributed by atoms with Crippen LogP contribution in [0.5, 0.6) is 5.75 Å². The van der Waals surface area contributed by atoms with E-state index in [1.54, 1.807) is 25.3 Å². The number of ether oxygens (including phenoxy) is 1. The van der Waals surface area contributed by atoms with Gasteiger partial charge in [-0.25, -0.2) is 4.98 Å². The van der Waals surface area contributed by atoms with Crippen molar-refractivity contribution in [2.24, 2.45) is 0 Å². The van der Waals surface area contributed by atoms with Gasteiger partial charge in [0.2, 0.25) is 23.7 Å². The lowest BCUT2D eigenvalue weighted by Crippen LogP contribution is -2.56. The Hall–Kier alpha value is -5.73. The van der Waals surface area contributed by atoms with Gasteiger partial charge in [-0.05, 0) is 94.1 Å². The van der Waals surface area contributed by atoms with Gasteiger partial charge in [0.1, 0.15) is 16.8 Å². The molecule has 2 unspecified atom stereocenters. The third kappa shape index (κ3) is 9.46. The number of benzene rings is 3. The highest BCUT2D eigenvalue weighted by Crippen LogP contribution is 2.34. The molecule has 14 nitrogen and oxygen atoms in total. The quantitative estimate of drug-likeness (QED) is 0.0986. The molecule has 1 aromatic heterocycles. The van der Waals surface area contributed by atoms with Crippen LogP contribution >= 0.6 is 11.6 Å². The first kappa shape index (κ1) is 39.5. The fourth-order valence-electron chi connectivity index (χ4n) is 7.80. The van der Waals surface area contributed by atoms with Crippen LogP contribution in [-0.4, -0.2) is 102 Å². The molecular formula is C42H48ClN9O5. The highest BCUT2D eigenvalue weighted by Gasteiger charge is 2.31. The number of aromatic nitrogens is 2. The molecule has 3 saturated heterocycles. The molecule has 0 saturated carbocycles. The average molecular weight is 794 g/mol. The van der Waals surface area contributed by atoms with Gasteiger partial charge < -0.3 is 30.5 Å². The Kier molecular flexibility index (Phi) is 12.2. The van der Waals surface area contributed by atoms with E-state index >= 15 is 0 Å². The Morgan fingerprint density at radius 1 is 0.947 bits per heavy atom. The molecule has 3 aliphatic rings. The van der Waals surface area contributed by atoms with Gasteiger partial charge in [-0.3, -0.25) is 29.4 Å². The number of methoxy groups -OCH3 is 1. The van der Waals surface area contributed by atoms with E-state index in [0.717, 1.165) is 37.3 Å². The highest BCUT2D eigenvalue weighted by molar-refractivity contribution is 6.33. The van der Waals surface area contributed by atoms with E-state index in [1.165, 1.54) is 18.7 Å². The number of ketones is 1. The Morgan fingerprint density at radius 2 is 1.72 bits per heavy atom. The zero-order chi connectivity index (χ0) is 40.1. The van der Waals surface area contributed by atoms with Crippen LogP contribution in [0.3, 0.4) is 0 Å². The molecule has 3 amide bonds. The van der Waals surface area contributed by atoms with Crippen LogP contribution in [0, 0.1) is 0 Å². The van der Waals surface area contributed by atoms with E-state index in [2.05, 4.69) is 60.1 Å². The third-order valence-electron chi connectivity index (χ3n) is 11.0. The second kappa shape index (κ2) is 17.6. The molecule has 0 aliphatic carbocycles. The van der Waals surface area contributed by atoms with Crippen LogP contribution in [0.2, 0.25) is 5.02 Å². The minimum atomic E-state index is -0.403. The van der Waals surface area contributed by atoms with Crippen LogP contribution in [0.25, 0.3) is 0 Å². The molecule has 3 aromatic carbocycles. The second-order valence-corrected chi connectivity index (χ2v) is 15.2. The van der Waals surface area contributed by atoms with Crippen LogP contribution in [-0.2, 0) is 14.4 Å². The number of rotatable bonds is 12. The van der Waals surface area contributed by atoms with Gasteiger partial charge in [-0.1, -0.05) is 35.9 Å². The predicted molar refractivity (Wildman–Crippen MR) is 221 cm³/mol. The summed E-state index contributed by atoms with van der Waals surface area (Å²) < 4.78 is 5.77. The summed E-state index contributed by atoms with van der Waals surface area (Å²) >= 11 is 6.42. The Bertz CT molecular complexity index is 2130. The first-order valence-electron chi connectivity index (χ1n) is 19.4. The Morgan fingerprint density at radius 3 is 2.44 bits per heavy atom. The molecule has 4 heterocycles. The largest absolute Gasteiger partial charge is 0.494 e. The number of imide groups is 1. The zero-order valence-electron chi connectivity index (χ0n) is 32.4. The third-order valence-corrected chi connectivity index (χ3v) is 11.2. The number of piperidine rings is 2. The number of hydrogen-bond donors (Lipinski definition) is 4. The van der Waals surface area contributed by atoms with Gasteiger partial charge in [-0.2, -0.15) is 4.98 Å². The first-order chi connectivity index (χ1) is 27.5. The smallest absolute Gasteiger partial charge is 0.249 e. The van der Waals surface area contributed by atoms with E-state index in [9.17, 15) is 19.2 Å². The lowest BCUT2D eigenvalue weighted by Gasteiger charge is -2.42. The molecule has 298 valence electrons. The van der Waals surface area contributed by atoms with Gasteiger partial charge in [0.15, 0.2) is 11.6 Å². The average Bonchev–Trinajstić information content (AvgIpc) is 3.21. The van der Waals surface area contributed by atoms with E-state index < -0.39 is 6.04 Å². The van der Waals surface area contributed by atoms with Crippen molar-refractivity contribution in [3.8, 4) is 5.75 Å². The minimum absolute atomic E-state index is 0.0291. The number of Topliss-reactive ketones (excluding diaryl/α,β-unsaturated/α-hetero) is 1. The maximum Gasteiger partial charge on any atom is 0.249 e. The normalized spacial score (nSPS) is 19.2. The molecule has 0 bridgehead atoms. The molecule has 3 aliphatic heterocycles. The van der Waals surface area contributed by atoms with Crippen molar-refractivity contribution in [2.45, 2.75) is 57.5 Å². The molecule has 7 rings (SSSR count). The van der Waals surface area contributed by atoms with Crippen molar-refractivity contribution in [2.75, 3.05) is 67.2 Å². The van der Waals surface area contributed by atoms with Crippen molar-refractivity contribution >= 4 is 69.6 Å². The number of likely N-dealkylation sites (tertiary alicyclic amines) is 1. The van der Waals surface area contributed by atoms with Crippen molar-refractivity contribution in [1.29, 1.82) is 0 Å². The summed E-state index contributed by atoms with van der Waals surface area (Å²) in [4.78, 5) is 64.7. The SMILES string of the molecule is COc1cc(N2CCN(C(=O)CN3CCC(c4ccc(NC5CCC(=O)NC5=O)cc4)CC3)C(C)C2)ccc1Nc1ncc(Cl)c(Nc2ccccc2C(C)=O)n1. The fourth-order valence-corrected chi connectivity index (χ4v) is 7.93. The molecule has 57 heavy (non-hydrogen) atoms. The van der Waals surface area contributed by atoms with Crippen molar-refractivity contribution in [3.63, 3.8) is 0 Å². The van der Waals surface area contributed by atoms with Crippen LogP contribution in [0.4, 0.5) is 34.5 Å². The molecule has 2 atom stereocenters. The number of carbonyl (C=O) groups excluding carboxylic acids is 4. The van der Waals surface area contributed by atoms with Crippen molar-refractivity contribution in [1.82, 2.24) is 25.1 Å². The lowest BCUT2D eigenvalue weighted by atomic mass is 9.89. The van der Waals surface area contributed by atoms with Gasteiger partial charge in [0, 0.05) is 55.1 Å². The monoisotopic (exact) mass is 793 g/mol. The summed E-state index contributed by atoms with van der Waals surface area (Å²) in [5.74, 6) is 1.26. The fraction of sp³-hybridized carbons (Fsp3) is 0.381. The number of halogens is 1. The Labute approximate surface area is 337 Å². The maximum atomic E-state index is 13.6. The summed E-state index contributed by atoms with van der Waals surface area (Å²) in [6.45, 7) is 7.73. The van der Waals surface area contributed by atoms with E-state index in [1.807, 2.05) is 41.3 Å².